The summed E-state index contributed by atoms with van der Waals surface area (Å²) in [7, 11) is 0. The van der Waals surface area contributed by atoms with Gasteiger partial charge in [-0.2, -0.15) is 0 Å². The third-order valence-electron chi connectivity index (χ3n) is 7.30. The van der Waals surface area contributed by atoms with Gasteiger partial charge in [-0.3, -0.25) is 14.4 Å². The van der Waals surface area contributed by atoms with Crippen LogP contribution in [0.4, 0.5) is 0 Å². The van der Waals surface area contributed by atoms with E-state index in [-0.39, 0.29) is 40.2 Å². The number of benzene rings is 4. The van der Waals surface area contributed by atoms with Crippen molar-refractivity contribution in [1.29, 1.82) is 0 Å². The Morgan fingerprint density at radius 3 is 1.89 bits per heavy atom. The van der Waals surface area contributed by atoms with Crippen molar-refractivity contribution >= 4 is 29.7 Å². The van der Waals surface area contributed by atoms with Crippen molar-refractivity contribution in [2.45, 2.75) is 38.2 Å². The summed E-state index contributed by atoms with van der Waals surface area (Å²) in [6.07, 6.45) is -0.369. The van der Waals surface area contributed by atoms with Crippen LogP contribution in [0.15, 0.2) is 109 Å². The normalized spacial score (nSPS) is 12.7. The van der Waals surface area contributed by atoms with Crippen molar-refractivity contribution in [1.82, 2.24) is 0 Å². The maximum atomic E-state index is 13.2. The second-order valence-corrected chi connectivity index (χ2v) is 10.2. The Morgan fingerprint density at radius 2 is 1.29 bits per heavy atom. The van der Waals surface area contributed by atoms with Gasteiger partial charge < -0.3 is 19.3 Å². The predicted molar refractivity (Wildman–Crippen MR) is 164 cm³/mol. The number of hydrogen-bond donors (Lipinski definition) is 1. The van der Waals surface area contributed by atoms with E-state index in [1.54, 1.807) is 73.7 Å². The number of ketones is 1. The Bertz CT molecular complexity index is 1660. The van der Waals surface area contributed by atoms with Crippen LogP contribution in [-0.2, 0) is 24.5 Å². The van der Waals surface area contributed by atoms with E-state index in [0.717, 1.165) is 0 Å². The lowest BCUT2D eigenvalue weighted by atomic mass is 9.77. The molecule has 0 fully saturated rings. The highest BCUT2D eigenvalue weighted by atomic mass is 16.6. The molecule has 45 heavy (non-hydrogen) atoms. The van der Waals surface area contributed by atoms with E-state index >= 15 is 0 Å². The first-order valence-corrected chi connectivity index (χ1v) is 14.4. The van der Waals surface area contributed by atoms with E-state index in [4.69, 9.17) is 14.2 Å². The van der Waals surface area contributed by atoms with Gasteiger partial charge in [0.2, 0.25) is 0 Å². The minimum absolute atomic E-state index is 0.0852. The quantitative estimate of drug-likeness (QED) is 0.0834. The Labute approximate surface area is 260 Å². The van der Waals surface area contributed by atoms with Crippen LogP contribution in [0.2, 0.25) is 0 Å². The van der Waals surface area contributed by atoms with Gasteiger partial charge in [0.1, 0.15) is 5.75 Å². The van der Waals surface area contributed by atoms with Crippen LogP contribution in [0.3, 0.4) is 0 Å². The summed E-state index contributed by atoms with van der Waals surface area (Å²) in [5.41, 5.74) is -1.06. The van der Waals surface area contributed by atoms with E-state index in [1.165, 1.54) is 42.5 Å². The second kappa shape index (κ2) is 14.7. The first-order chi connectivity index (χ1) is 21.7. The first kappa shape index (κ1) is 32.3. The summed E-state index contributed by atoms with van der Waals surface area (Å²) in [5.74, 6) is -4.08. The molecule has 2 unspecified atom stereocenters. The average Bonchev–Trinajstić information content (AvgIpc) is 3.07. The van der Waals surface area contributed by atoms with Crippen LogP contribution in [0, 0.1) is 0 Å². The molecule has 2 atom stereocenters. The number of carbonyl (C=O) groups excluding carboxylic acids is 4. The third-order valence-corrected chi connectivity index (χ3v) is 7.30. The average molecular weight is 609 g/mol. The van der Waals surface area contributed by atoms with Crippen molar-refractivity contribution in [3.8, 4) is 5.75 Å². The first-order valence-electron chi connectivity index (χ1n) is 14.4. The minimum atomic E-state index is -2.08. The molecular formula is C36H32O9. The van der Waals surface area contributed by atoms with Crippen molar-refractivity contribution in [3.05, 3.63) is 137 Å². The number of ether oxygens (including phenoxy) is 3. The van der Waals surface area contributed by atoms with Gasteiger partial charge >= 0.3 is 23.9 Å². The summed E-state index contributed by atoms with van der Waals surface area (Å²) in [6, 6.07) is 28.4. The lowest BCUT2D eigenvalue weighted by Crippen LogP contribution is -2.47. The maximum Gasteiger partial charge on any atom is 0.344 e. The molecule has 0 radical (unpaired) electrons. The van der Waals surface area contributed by atoms with Crippen LogP contribution >= 0.6 is 0 Å². The van der Waals surface area contributed by atoms with Crippen LogP contribution < -0.4 is 4.74 Å². The van der Waals surface area contributed by atoms with Gasteiger partial charge in [-0.1, -0.05) is 85.8 Å². The summed E-state index contributed by atoms with van der Waals surface area (Å²) in [6.45, 7) is 3.08. The summed E-state index contributed by atoms with van der Waals surface area (Å²) in [4.78, 5) is 64.5. The lowest BCUT2D eigenvalue weighted by molar-refractivity contribution is -0.166. The van der Waals surface area contributed by atoms with Gasteiger partial charge in [0.15, 0.2) is 11.2 Å². The third kappa shape index (κ3) is 7.51. The lowest BCUT2D eigenvalue weighted by Gasteiger charge is -2.29. The molecular weight excluding hydrogens is 576 g/mol. The van der Waals surface area contributed by atoms with Crippen LogP contribution in [-0.4, -0.2) is 47.5 Å². The zero-order valence-electron chi connectivity index (χ0n) is 24.8. The van der Waals surface area contributed by atoms with E-state index < -0.39 is 42.0 Å². The highest BCUT2D eigenvalue weighted by Crippen LogP contribution is 2.32. The van der Waals surface area contributed by atoms with Crippen molar-refractivity contribution in [3.63, 3.8) is 0 Å². The fraction of sp³-hybridized carbons (Fsp3) is 0.194. The highest BCUT2D eigenvalue weighted by molar-refractivity contribution is 6.14. The number of hydrogen-bond acceptors (Lipinski definition) is 8. The SMILES string of the molecule is CCC(C)OC(=O)C(CCOC(=O)c1ccc(OC(=O)c2ccccc2C(=O)c2ccccc2)cc1)(C(=O)O)c1ccccc1. The molecule has 230 valence electrons. The minimum Gasteiger partial charge on any atom is -0.480 e. The number of carboxylic acid groups (broad SMARTS) is 1. The van der Waals surface area contributed by atoms with E-state index in [0.29, 0.717) is 12.0 Å². The molecule has 0 amide bonds. The smallest absolute Gasteiger partial charge is 0.344 e. The monoisotopic (exact) mass is 608 g/mol. The van der Waals surface area contributed by atoms with Gasteiger partial charge in [-0.15, -0.1) is 0 Å². The fourth-order valence-electron chi connectivity index (χ4n) is 4.58. The molecule has 0 aliphatic carbocycles. The molecule has 4 aromatic carbocycles. The summed E-state index contributed by atoms with van der Waals surface area (Å²) >= 11 is 0. The van der Waals surface area contributed by atoms with Gasteiger partial charge in [-0.05, 0) is 49.2 Å². The van der Waals surface area contributed by atoms with Gasteiger partial charge in [0.25, 0.3) is 0 Å². The molecule has 0 bridgehead atoms. The van der Waals surface area contributed by atoms with Crippen LogP contribution in [0.5, 0.6) is 5.75 Å². The fourth-order valence-corrected chi connectivity index (χ4v) is 4.58. The molecule has 0 aromatic heterocycles. The van der Waals surface area contributed by atoms with Crippen molar-refractivity contribution < 1.29 is 43.3 Å². The molecule has 0 aliphatic rings. The number of carboxylic acids is 1. The Morgan fingerprint density at radius 1 is 0.711 bits per heavy atom. The largest absolute Gasteiger partial charge is 0.480 e. The zero-order chi connectivity index (χ0) is 32.4. The molecule has 9 heteroatoms. The number of carbonyl (C=O) groups is 5. The van der Waals surface area contributed by atoms with Gasteiger partial charge in [0, 0.05) is 17.5 Å². The molecule has 0 heterocycles. The highest BCUT2D eigenvalue weighted by Gasteiger charge is 2.50. The Kier molecular flexibility index (Phi) is 10.6. The van der Waals surface area contributed by atoms with E-state index in [1.807, 2.05) is 6.92 Å². The van der Waals surface area contributed by atoms with Gasteiger partial charge in [-0.25, -0.2) is 9.59 Å². The van der Waals surface area contributed by atoms with E-state index in [2.05, 4.69) is 0 Å². The summed E-state index contributed by atoms with van der Waals surface area (Å²) in [5, 5.41) is 10.2. The summed E-state index contributed by atoms with van der Waals surface area (Å²) < 4.78 is 16.2. The molecule has 0 saturated carbocycles. The molecule has 0 aliphatic heterocycles. The Balaban J connectivity index is 1.43. The maximum absolute atomic E-state index is 13.2. The molecule has 0 spiro atoms. The molecule has 1 N–H and O–H groups in total. The molecule has 4 rings (SSSR count). The van der Waals surface area contributed by atoms with Crippen LogP contribution in [0.1, 0.15) is 68.9 Å². The number of rotatable bonds is 13. The molecule has 9 nitrogen and oxygen atoms in total. The number of esters is 3. The van der Waals surface area contributed by atoms with Crippen LogP contribution in [0.25, 0.3) is 0 Å². The molecule has 4 aromatic rings. The van der Waals surface area contributed by atoms with E-state index in [9.17, 15) is 29.1 Å². The Hall–Kier alpha value is -5.57. The number of aliphatic carboxylic acids is 1. The zero-order valence-corrected chi connectivity index (χ0v) is 24.8. The molecule has 0 saturated heterocycles. The van der Waals surface area contributed by atoms with Crippen molar-refractivity contribution in [2.75, 3.05) is 6.61 Å². The standard InChI is InChI=1S/C36H32O9/c1-3-24(2)44-35(42)36(34(40)41,27-14-8-5-9-15-27)22-23-43-32(38)26-18-20-28(21-19-26)45-33(39)30-17-11-10-16-29(30)31(37)25-12-6-4-7-13-25/h4-21,24H,3,22-23H2,1-2H3,(H,40,41). The topological polar surface area (TPSA) is 133 Å². The predicted octanol–water partition coefficient (Wildman–Crippen LogP) is 6.05. The second-order valence-electron chi connectivity index (χ2n) is 10.2. The van der Waals surface area contributed by atoms with Crippen molar-refractivity contribution in [2.24, 2.45) is 0 Å². The van der Waals surface area contributed by atoms with Gasteiger partial charge in [0.05, 0.1) is 23.8 Å².